The van der Waals surface area contributed by atoms with Crippen molar-refractivity contribution in [2.24, 2.45) is 11.8 Å². The molecule has 1 fully saturated rings. The molecule has 1 nitrogen and oxygen atoms in total. The molecule has 0 unspecified atom stereocenters. The van der Waals surface area contributed by atoms with Crippen LogP contribution in [-0.2, 0) is 0 Å². The number of nitrogens with one attached hydrogen (secondary N) is 1. The third kappa shape index (κ3) is 3.35. The molecule has 2 rings (SSSR count). The van der Waals surface area contributed by atoms with E-state index in [-0.39, 0.29) is 10.7 Å². The van der Waals surface area contributed by atoms with Crippen molar-refractivity contribution in [1.29, 1.82) is 0 Å². The van der Waals surface area contributed by atoms with Gasteiger partial charge in [0.25, 0.3) is 0 Å². The van der Waals surface area contributed by atoms with Crippen LogP contribution >= 0.6 is 11.6 Å². The highest BCUT2D eigenvalue weighted by atomic mass is 35.5. The van der Waals surface area contributed by atoms with Gasteiger partial charge in [-0.1, -0.05) is 31.4 Å². The first-order valence-electron chi connectivity index (χ1n) is 6.44. The van der Waals surface area contributed by atoms with Gasteiger partial charge >= 0.3 is 0 Å². The molecule has 0 atom stereocenters. The number of hydrogen-bond acceptors (Lipinski definition) is 1. The van der Waals surface area contributed by atoms with Gasteiger partial charge in [-0.2, -0.15) is 0 Å². The summed E-state index contributed by atoms with van der Waals surface area (Å²) in [6.45, 7) is 2.97. The fourth-order valence-electron chi connectivity index (χ4n) is 2.49. The summed E-state index contributed by atoms with van der Waals surface area (Å²) in [5.74, 6) is 0.0906. The maximum Gasteiger partial charge on any atom is 0.150 e. The molecular weight excluding hydrogens is 256 g/mol. The molecule has 0 saturated heterocycles. The van der Waals surface area contributed by atoms with Crippen LogP contribution in [0.2, 0.25) is 5.02 Å². The average molecular weight is 274 g/mol. The highest BCUT2D eigenvalue weighted by Crippen LogP contribution is 2.30. The van der Waals surface area contributed by atoms with Crippen molar-refractivity contribution in [3.63, 3.8) is 0 Å². The summed E-state index contributed by atoms with van der Waals surface area (Å²) in [4.78, 5) is 0. The van der Waals surface area contributed by atoms with Crippen LogP contribution in [0, 0.1) is 23.5 Å². The lowest BCUT2D eigenvalue weighted by Crippen LogP contribution is -2.20. The molecule has 0 aliphatic heterocycles. The van der Waals surface area contributed by atoms with Crippen molar-refractivity contribution in [3.8, 4) is 0 Å². The molecule has 0 spiro atoms. The van der Waals surface area contributed by atoms with Crippen molar-refractivity contribution >= 4 is 17.3 Å². The molecule has 0 bridgehead atoms. The van der Waals surface area contributed by atoms with Crippen molar-refractivity contribution in [1.82, 2.24) is 0 Å². The van der Waals surface area contributed by atoms with Gasteiger partial charge in [0.1, 0.15) is 5.82 Å². The Balaban J connectivity index is 1.94. The van der Waals surface area contributed by atoms with Gasteiger partial charge in [-0.05, 0) is 30.7 Å². The van der Waals surface area contributed by atoms with Gasteiger partial charge in [0.05, 0.1) is 10.7 Å². The smallest absolute Gasteiger partial charge is 0.150 e. The molecule has 1 saturated carbocycles. The molecule has 0 amide bonds. The van der Waals surface area contributed by atoms with Crippen molar-refractivity contribution in [3.05, 3.63) is 28.8 Å². The van der Waals surface area contributed by atoms with Crippen LogP contribution in [0.4, 0.5) is 14.5 Å². The van der Waals surface area contributed by atoms with Gasteiger partial charge in [0.15, 0.2) is 5.82 Å². The highest BCUT2D eigenvalue weighted by molar-refractivity contribution is 6.33. The second-order valence-corrected chi connectivity index (χ2v) is 5.66. The van der Waals surface area contributed by atoms with E-state index >= 15 is 0 Å². The highest BCUT2D eigenvalue weighted by Gasteiger charge is 2.19. The standard InChI is InChI=1S/C14H18ClF2N/c1-9-2-4-10(5-3-9)8-18-14-12(15)6-11(16)7-13(14)17/h6-7,9-10,18H,2-5,8H2,1H3. The third-order valence-electron chi connectivity index (χ3n) is 3.71. The number of anilines is 1. The molecule has 0 aromatic heterocycles. The van der Waals surface area contributed by atoms with Crippen molar-refractivity contribution < 1.29 is 8.78 Å². The zero-order valence-corrected chi connectivity index (χ0v) is 11.2. The Kier molecular flexibility index (Phi) is 4.44. The van der Waals surface area contributed by atoms with Crippen LogP contribution in [0.25, 0.3) is 0 Å². The molecule has 4 heteroatoms. The summed E-state index contributed by atoms with van der Waals surface area (Å²) in [6.07, 6.45) is 4.78. The molecule has 18 heavy (non-hydrogen) atoms. The molecule has 0 radical (unpaired) electrons. The van der Waals surface area contributed by atoms with E-state index in [0.717, 1.165) is 30.9 Å². The van der Waals surface area contributed by atoms with Crippen LogP contribution in [0.3, 0.4) is 0 Å². The van der Waals surface area contributed by atoms with E-state index in [1.807, 2.05) is 0 Å². The fraction of sp³-hybridized carbons (Fsp3) is 0.571. The Morgan fingerprint density at radius 1 is 1.22 bits per heavy atom. The minimum atomic E-state index is -0.644. The SMILES string of the molecule is CC1CCC(CNc2c(F)cc(F)cc2Cl)CC1. The molecule has 1 aromatic rings. The number of benzene rings is 1. The lowest BCUT2D eigenvalue weighted by molar-refractivity contribution is 0.300. The Labute approximate surface area is 112 Å². The predicted octanol–water partition coefficient (Wildman–Crippen LogP) is 4.86. The van der Waals surface area contributed by atoms with E-state index in [1.54, 1.807) is 0 Å². The first-order chi connectivity index (χ1) is 8.56. The topological polar surface area (TPSA) is 12.0 Å². The van der Waals surface area contributed by atoms with Crippen LogP contribution in [0.15, 0.2) is 12.1 Å². The monoisotopic (exact) mass is 273 g/mol. The van der Waals surface area contributed by atoms with Gasteiger partial charge in [-0.3, -0.25) is 0 Å². The van der Waals surface area contributed by atoms with E-state index in [9.17, 15) is 8.78 Å². The normalized spacial score (nSPS) is 24.0. The molecular formula is C14H18ClF2N. The van der Waals surface area contributed by atoms with Gasteiger partial charge < -0.3 is 5.32 Å². The van der Waals surface area contributed by atoms with E-state index in [1.165, 1.54) is 12.8 Å². The summed E-state index contributed by atoms with van der Waals surface area (Å²) >= 11 is 5.83. The van der Waals surface area contributed by atoms with Crippen molar-refractivity contribution in [2.45, 2.75) is 32.6 Å². The van der Waals surface area contributed by atoms with Gasteiger partial charge in [-0.25, -0.2) is 8.78 Å². The Bertz CT molecular complexity index is 391. The molecule has 100 valence electrons. The molecule has 1 aromatic carbocycles. The maximum atomic E-state index is 13.5. The summed E-state index contributed by atoms with van der Waals surface area (Å²) in [5.41, 5.74) is 0.219. The quantitative estimate of drug-likeness (QED) is 0.830. The summed E-state index contributed by atoms with van der Waals surface area (Å²) in [7, 11) is 0. The summed E-state index contributed by atoms with van der Waals surface area (Å²) in [5, 5.41) is 3.13. The zero-order valence-electron chi connectivity index (χ0n) is 10.5. The van der Waals surface area contributed by atoms with Gasteiger partial charge in [-0.15, -0.1) is 0 Å². The first-order valence-corrected chi connectivity index (χ1v) is 6.82. The van der Waals surface area contributed by atoms with E-state index in [2.05, 4.69) is 12.2 Å². The van der Waals surface area contributed by atoms with Crippen LogP contribution < -0.4 is 5.32 Å². The van der Waals surface area contributed by atoms with E-state index in [0.29, 0.717) is 12.5 Å². The molecule has 1 aliphatic rings. The van der Waals surface area contributed by atoms with Crippen LogP contribution in [-0.4, -0.2) is 6.54 Å². The largest absolute Gasteiger partial charge is 0.381 e. The second kappa shape index (κ2) is 5.87. The Morgan fingerprint density at radius 3 is 2.50 bits per heavy atom. The van der Waals surface area contributed by atoms with Crippen molar-refractivity contribution in [2.75, 3.05) is 11.9 Å². The summed E-state index contributed by atoms with van der Waals surface area (Å²) in [6, 6.07) is 1.99. The summed E-state index contributed by atoms with van der Waals surface area (Å²) < 4.78 is 26.4. The fourth-order valence-corrected chi connectivity index (χ4v) is 2.75. The van der Waals surface area contributed by atoms with E-state index in [4.69, 9.17) is 11.6 Å². The van der Waals surface area contributed by atoms with Gasteiger partial charge in [0, 0.05) is 12.6 Å². The zero-order chi connectivity index (χ0) is 13.1. The number of halogens is 3. The number of hydrogen-bond donors (Lipinski definition) is 1. The molecule has 0 heterocycles. The lowest BCUT2D eigenvalue weighted by atomic mass is 9.83. The average Bonchev–Trinajstić information content (AvgIpc) is 2.30. The minimum absolute atomic E-state index is 0.108. The maximum absolute atomic E-state index is 13.5. The van der Waals surface area contributed by atoms with Gasteiger partial charge in [0.2, 0.25) is 0 Å². The molecule has 1 N–H and O–H groups in total. The lowest BCUT2D eigenvalue weighted by Gasteiger charge is -2.26. The number of rotatable bonds is 3. The Morgan fingerprint density at radius 2 is 1.89 bits per heavy atom. The first kappa shape index (κ1) is 13.6. The molecule has 1 aliphatic carbocycles. The third-order valence-corrected chi connectivity index (χ3v) is 4.01. The minimum Gasteiger partial charge on any atom is -0.381 e. The van der Waals surface area contributed by atoms with Crippen LogP contribution in [0.1, 0.15) is 32.6 Å². The predicted molar refractivity (Wildman–Crippen MR) is 71.0 cm³/mol. The van der Waals surface area contributed by atoms with Crippen LogP contribution in [0.5, 0.6) is 0 Å². The second-order valence-electron chi connectivity index (χ2n) is 5.25. The Hall–Kier alpha value is -0.830. The van der Waals surface area contributed by atoms with E-state index < -0.39 is 11.6 Å².